The van der Waals surface area contributed by atoms with E-state index in [2.05, 4.69) is 35.6 Å². The van der Waals surface area contributed by atoms with Gasteiger partial charge in [0.25, 0.3) is 0 Å². The molecular weight excluding hydrogens is 258 g/mol. The summed E-state index contributed by atoms with van der Waals surface area (Å²) >= 11 is 0. The first-order chi connectivity index (χ1) is 9.95. The van der Waals surface area contributed by atoms with E-state index >= 15 is 0 Å². The molecule has 1 aromatic heterocycles. The molecule has 0 fully saturated rings. The molecule has 1 aliphatic heterocycles. The Morgan fingerprint density at radius 3 is 2.81 bits per heavy atom. The van der Waals surface area contributed by atoms with Gasteiger partial charge < -0.3 is 0 Å². The van der Waals surface area contributed by atoms with Crippen LogP contribution in [-0.4, -0.2) is 28.0 Å². The van der Waals surface area contributed by atoms with Crippen LogP contribution in [0.2, 0.25) is 0 Å². The highest BCUT2D eigenvalue weighted by Gasteiger charge is 2.30. The monoisotopic (exact) mass is 285 g/mol. The van der Waals surface area contributed by atoms with Crippen LogP contribution in [0, 0.1) is 12.3 Å². The lowest BCUT2D eigenvalue weighted by Crippen LogP contribution is -2.36. The third-order valence-electron chi connectivity index (χ3n) is 5.20. The van der Waals surface area contributed by atoms with Crippen LogP contribution < -0.4 is 0 Å². The zero-order valence-corrected chi connectivity index (χ0v) is 13.9. The Hall–Kier alpha value is -1.22. The van der Waals surface area contributed by atoms with Gasteiger partial charge in [-0.15, -0.1) is 0 Å². The molecule has 1 aliphatic carbocycles. The van der Waals surface area contributed by atoms with Gasteiger partial charge in [0.15, 0.2) is 0 Å². The lowest BCUT2D eigenvalue weighted by atomic mass is 9.72. The summed E-state index contributed by atoms with van der Waals surface area (Å²) in [6.07, 6.45) is 7.04. The van der Waals surface area contributed by atoms with Crippen molar-refractivity contribution < 1.29 is 0 Å². The Morgan fingerprint density at radius 1 is 1.24 bits per heavy atom. The first-order valence-corrected chi connectivity index (χ1v) is 8.18. The van der Waals surface area contributed by atoms with Gasteiger partial charge in [-0.3, -0.25) is 4.90 Å². The topological polar surface area (TPSA) is 29.0 Å². The highest BCUT2D eigenvalue weighted by atomic mass is 15.1. The van der Waals surface area contributed by atoms with Gasteiger partial charge in [-0.1, -0.05) is 25.0 Å². The summed E-state index contributed by atoms with van der Waals surface area (Å²) in [5, 5.41) is 0. The largest absolute Gasteiger partial charge is 0.295 e. The molecule has 0 aromatic carbocycles. The molecule has 0 saturated heterocycles. The molecule has 21 heavy (non-hydrogen) atoms. The van der Waals surface area contributed by atoms with E-state index < -0.39 is 0 Å². The van der Waals surface area contributed by atoms with Crippen molar-refractivity contribution in [2.45, 2.75) is 59.9 Å². The SMILES string of the molecule is CC1=C(CN2CCc3nc(C)ncc3C2)C(C)(C)CCC1. The number of allylic oxidation sites excluding steroid dienone is 1. The van der Waals surface area contributed by atoms with Crippen molar-refractivity contribution in [2.75, 3.05) is 13.1 Å². The van der Waals surface area contributed by atoms with Crippen LogP contribution >= 0.6 is 0 Å². The second-order valence-corrected chi connectivity index (χ2v) is 7.35. The molecule has 2 aliphatic rings. The zero-order chi connectivity index (χ0) is 15.0. The van der Waals surface area contributed by atoms with Crippen molar-refractivity contribution in [3.05, 3.63) is 34.4 Å². The molecule has 1 aromatic rings. The minimum atomic E-state index is 0.367. The maximum atomic E-state index is 4.59. The van der Waals surface area contributed by atoms with E-state index in [0.29, 0.717) is 5.41 Å². The first kappa shape index (κ1) is 14.7. The Labute approximate surface area is 128 Å². The van der Waals surface area contributed by atoms with Crippen molar-refractivity contribution in [1.82, 2.24) is 14.9 Å². The summed E-state index contributed by atoms with van der Waals surface area (Å²) in [4.78, 5) is 11.5. The molecule has 2 heterocycles. The van der Waals surface area contributed by atoms with Gasteiger partial charge in [-0.25, -0.2) is 9.97 Å². The van der Waals surface area contributed by atoms with Gasteiger partial charge >= 0.3 is 0 Å². The van der Waals surface area contributed by atoms with E-state index in [0.717, 1.165) is 31.9 Å². The van der Waals surface area contributed by atoms with E-state index in [9.17, 15) is 0 Å². The van der Waals surface area contributed by atoms with Crippen LogP contribution in [0.4, 0.5) is 0 Å². The molecule has 3 rings (SSSR count). The summed E-state index contributed by atoms with van der Waals surface area (Å²) in [7, 11) is 0. The average Bonchev–Trinajstić information content (AvgIpc) is 2.43. The average molecular weight is 285 g/mol. The van der Waals surface area contributed by atoms with Crippen molar-refractivity contribution in [3.63, 3.8) is 0 Å². The molecule has 0 unspecified atom stereocenters. The maximum absolute atomic E-state index is 4.59. The lowest BCUT2D eigenvalue weighted by Gasteiger charge is -2.38. The number of fused-ring (bicyclic) bond motifs is 1. The van der Waals surface area contributed by atoms with Gasteiger partial charge in [-0.2, -0.15) is 0 Å². The van der Waals surface area contributed by atoms with Crippen LogP contribution in [0.1, 0.15) is 57.1 Å². The van der Waals surface area contributed by atoms with Crippen molar-refractivity contribution in [3.8, 4) is 0 Å². The number of aryl methyl sites for hydroxylation is 1. The van der Waals surface area contributed by atoms with Crippen LogP contribution in [0.25, 0.3) is 0 Å². The minimum absolute atomic E-state index is 0.367. The Morgan fingerprint density at radius 2 is 2.05 bits per heavy atom. The minimum Gasteiger partial charge on any atom is -0.295 e. The predicted octanol–water partition coefficient (Wildman–Crippen LogP) is 3.67. The fourth-order valence-electron chi connectivity index (χ4n) is 3.86. The Kier molecular flexibility index (Phi) is 3.87. The van der Waals surface area contributed by atoms with E-state index in [-0.39, 0.29) is 0 Å². The van der Waals surface area contributed by atoms with Gasteiger partial charge in [-0.05, 0) is 38.5 Å². The summed E-state index contributed by atoms with van der Waals surface area (Å²) in [5.74, 6) is 0.897. The Bertz CT molecular complexity index is 572. The van der Waals surface area contributed by atoms with E-state index in [1.165, 1.54) is 30.5 Å². The summed E-state index contributed by atoms with van der Waals surface area (Å²) in [6, 6.07) is 0. The molecule has 0 bridgehead atoms. The van der Waals surface area contributed by atoms with Gasteiger partial charge in [0.2, 0.25) is 0 Å². The first-order valence-electron chi connectivity index (χ1n) is 8.18. The molecule has 0 amide bonds. The second-order valence-electron chi connectivity index (χ2n) is 7.35. The third-order valence-corrected chi connectivity index (χ3v) is 5.20. The maximum Gasteiger partial charge on any atom is 0.125 e. The smallest absolute Gasteiger partial charge is 0.125 e. The molecular formula is C18H27N3. The van der Waals surface area contributed by atoms with Crippen molar-refractivity contribution in [2.24, 2.45) is 5.41 Å². The van der Waals surface area contributed by atoms with Crippen LogP contribution in [-0.2, 0) is 13.0 Å². The number of hydrogen-bond donors (Lipinski definition) is 0. The number of rotatable bonds is 2. The summed E-state index contributed by atoms with van der Waals surface area (Å²) < 4.78 is 0. The molecule has 0 atom stereocenters. The molecule has 0 spiro atoms. The number of hydrogen-bond acceptors (Lipinski definition) is 3. The molecule has 3 nitrogen and oxygen atoms in total. The highest BCUT2D eigenvalue weighted by Crippen LogP contribution is 2.40. The van der Waals surface area contributed by atoms with Gasteiger partial charge in [0.05, 0.1) is 0 Å². The molecule has 0 N–H and O–H groups in total. The lowest BCUT2D eigenvalue weighted by molar-refractivity contribution is 0.239. The highest BCUT2D eigenvalue weighted by molar-refractivity contribution is 5.26. The fourth-order valence-corrected chi connectivity index (χ4v) is 3.86. The summed E-state index contributed by atoms with van der Waals surface area (Å²) in [6.45, 7) is 12.4. The quantitative estimate of drug-likeness (QED) is 0.776. The van der Waals surface area contributed by atoms with Crippen LogP contribution in [0.15, 0.2) is 17.3 Å². The molecule has 3 heteroatoms. The fraction of sp³-hybridized carbons (Fsp3) is 0.667. The molecule has 114 valence electrons. The number of nitrogens with zero attached hydrogens (tertiary/aromatic N) is 3. The van der Waals surface area contributed by atoms with Crippen LogP contribution in [0.5, 0.6) is 0 Å². The van der Waals surface area contributed by atoms with Gasteiger partial charge in [0, 0.05) is 43.5 Å². The standard InChI is InChI=1S/C18H27N3/c1-13-6-5-8-18(3,4)16(13)12-21-9-7-17-15(11-21)10-19-14(2)20-17/h10H,5-9,11-12H2,1-4H3. The third kappa shape index (κ3) is 3.03. The van der Waals surface area contributed by atoms with E-state index in [1.807, 2.05) is 13.1 Å². The summed E-state index contributed by atoms with van der Waals surface area (Å²) in [5.41, 5.74) is 6.24. The van der Waals surface area contributed by atoms with Crippen LogP contribution in [0.3, 0.4) is 0 Å². The van der Waals surface area contributed by atoms with E-state index in [4.69, 9.17) is 0 Å². The Balaban J connectivity index is 1.76. The zero-order valence-electron chi connectivity index (χ0n) is 13.9. The van der Waals surface area contributed by atoms with Crippen molar-refractivity contribution in [1.29, 1.82) is 0 Å². The van der Waals surface area contributed by atoms with E-state index in [1.54, 1.807) is 11.1 Å². The molecule has 0 radical (unpaired) electrons. The molecule has 0 saturated carbocycles. The number of aromatic nitrogens is 2. The normalized spacial score (nSPS) is 22.3. The van der Waals surface area contributed by atoms with Crippen molar-refractivity contribution >= 4 is 0 Å². The second kappa shape index (κ2) is 5.53. The predicted molar refractivity (Wildman–Crippen MR) is 86.1 cm³/mol. The van der Waals surface area contributed by atoms with Gasteiger partial charge in [0.1, 0.15) is 5.82 Å².